The van der Waals surface area contributed by atoms with Crippen LogP contribution < -0.4 is 14.9 Å². The highest BCUT2D eigenvalue weighted by Crippen LogP contribution is 2.37. The number of hydrogen-bond donors (Lipinski definition) is 3. The van der Waals surface area contributed by atoms with Gasteiger partial charge >= 0.3 is 6.09 Å². The van der Waals surface area contributed by atoms with E-state index in [1.54, 1.807) is 24.4 Å². The predicted octanol–water partition coefficient (Wildman–Crippen LogP) is 3.80. The zero-order valence-corrected chi connectivity index (χ0v) is 23.7. The maximum absolute atomic E-state index is 13.2. The third-order valence-corrected chi connectivity index (χ3v) is 8.29. The Morgan fingerprint density at radius 1 is 1.24 bits per heavy atom. The number of hydrogen-bond acceptors (Lipinski definition) is 8. The molecule has 0 spiro atoms. The smallest absolute Gasteiger partial charge is 0.407 e. The first kappa shape index (κ1) is 29.2. The van der Waals surface area contributed by atoms with Crippen LogP contribution >= 0.6 is 0 Å². The molecule has 2 aromatic heterocycles. The van der Waals surface area contributed by atoms with Crippen LogP contribution in [0.15, 0.2) is 41.6 Å². The molecule has 3 rings (SSSR count). The Hall–Kier alpha value is -3.41. The lowest BCUT2D eigenvalue weighted by Gasteiger charge is -2.35. The predicted molar refractivity (Wildman–Crippen MR) is 146 cm³/mol. The van der Waals surface area contributed by atoms with Gasteiger partial charge in [-0.1, -0.05) is 19.9 Å². The molecule has 208 valence electrons. The minimum Gasteiger partial charge on any atom is -0.465 e. The number of carbonyl (C=O) groups is 2. The largest absolute Gasteiger partial charge is 0.465 e. The SMILES string of the molecule is CCC(C)(C)N(CCNc1cccc(S(=O)(=O)NC(=O)c2cccnc2N2CC(C)CC2(C)C)n1)C(=O)O. The Morgan fingerprint density at radius 3 is 2.55 bits per heavy atom. The molecule has 1 unspecified atom stereocenters. The van der Waals surface area contributed by atoms with Gasteiger partial charge in [-0.3, -0.25) is 4.79 Å². The van der Waals surface area contributed by atoms with E-state index in [4.69, 9.17) is 0 Å². The van der Waals surface area contributed by atoms with Crippen molar-refractivity contribution in [1.29, 1.82) is 0 Å². The number of carbonyl (C=O) groups excluding carboxylic acids is 1. The van der Waals surface area contributed by atoms with Crippen LogP contribution in [0.5, 0.6) is 0 Å². The third kappa shape index (κ3) is 6.53. The van der Waals surface area contributed by atoms with Gasteiger partial charge in [0, 0.05) is 36.9 Å². The number of sulfonamides is 1. The molecule has 1 saturated heterocycles. The summed E-state index contributed by atoms with van der Waals surface area (Å²) in [6.45, 7) is 13.0. The molecule has 2 amide bonds. The average molecular weight is 547 g/mol. The van der Waals surface area contributed by atoms with Crippen molar-refractivity contribution in [2.24, 2.45) is 5.92 Å². The van der Waals surface area contributed by atoms with Crippen molar-refractivity contribution < 1.29 is 23.1 Å². The van der Waals surface area contributed by atoms with Gasteiger partial charge in [0.2, 0.25) is 0 Å². The molecule has 0 bridgehead atoms. The van der Waals surface area contributed by atoms with Crippen LogP contribution in [0.3, 0.4) is 0 Å². The van der Waals surface area contributed by atoms with Gasteiger partial charge in [-0.2, -0.15) is 8.42 Å². The zero-order valence-electron chi connectivity index (χ0n) is 22.9. The molecule has 3 N–H and O–H groups in total. The molecule has 11 nitrogen and oxygen atoms in total. The van der Waals surface area contributed by atoms with E-state index in [0.717, 1.165) is 6.42 Å². The summed E-state index contributed by atoms with van der Waals surface area (Å²) in [4.78, 5) is 36.8. The summed E-state index contributed by atoms with van der Waals surface area (Å²) in [7, 11) is -4.29. The maximum Gasteiger partial charge on any atom is 0.407 e. The summed E-state index contributed by atoms with van der Waals surface area (Å²) >= 11 is 0. The van der Waals surface area contributed by atoms with Gasteiger partial charge in [-0.05, 0) is 70.7 Å². The molecule has 3 heterocycles. The highest BCUT2D eigenvalue weighted by molar-refractivity contribution is 7.90. The van der Waals surface area contributed by atoms with E-state index in [2.05, 4.69) is 40.8 Å². The molecular formula is C26H38N6O5S. The Kier molecular flexibility index (Phi) is 8.55. The van der Waals surface area contributed by atoms with Gasteiger partial charge in [0.05, 0.1) is 5.56 Å². The standard InChI is InChI=1S/C26H38N6O5S/c1-7-25(3,4)31(24(34)35)15-14-27-20-11-8-12-21(29-20)38(36,37)30-23(33)19-10-9-13-28-22(19)32-17-18(2)16-26(32,5)6/h8-13,18H,7,14-17H2,1-6H3,(H,27,29)(H,30,33)(H,34,35). The van der Waals surface area contributed by atoms with Gasteiger partial charge in [0.1, 0.15) is 11.6 Å². The lowest BCUT2D eigenvalue weighted by Crippen LogP contribution is -2.48. The normalized spacial score (nSPS) is 17.2. The first-order valence-corrected chi connectivity index (χ1v) is 14.2. The average Bonchev–Trinajstić information content (AvgIpc) is 3.12. The molecular weight excluding hydrogens is 508 g/mol. The van der Waals surface area contributed by atoms with E-state index in [-0.39, 0.29) is 35.0 Å². The second-order valence-corrected chi connectivity index (χ2v) is 12.6. The van der Waals surface area contributed by atoms with E-state index < -0.39 is 27.6 Å². The van der Waals surface area contributed by atoms with E-state index >= 15 is 0 Å². The van der Waals surface area contributed by atoms with Gasteiger partial charge in [-0.25, -0.2) is 19.5 Å². The van der Waals surface area contributed by atoms with Crippen LogP contribution in [0.1, 0.15) is 64.7 Å². The van der Waals surface area contributed by atoms with Crippen molar-refractivity contribution in [3.05, 3.63) is 42.1 Å². The van der Waals surface area contributed by atoms with Crippen LogP contribution in [-0.2, 0) is 10.0 Å². The molecule has 1 aliphatic rings. The third-order valence-electron chi connectivity index (χ3n) is 7.05. The molecule has 0 saturated carbocycles. The lowest BCUT2D eigenvalue weighted by atomic mass is 9.97. The second-order valence-electron chi connectivity index (χ2n) is 10.9. The molecule has 1 fully saturated rings. The molecule has 0 aliphatic carbocycles. The molecule has 0 aromatic carbocycles. The van der Waals surface area contributed by atoms with Crippen molar-refractivity contribution in [3.63, 3.8) is 0 Å². The van der Waals surface area contributed by atoms with Gasteiger partial charge in [-0.15, -0.1) is 0 Å². The molecule has 1 aliphatic heterocycles. The van der Waals surface area contributed by atoms with Crippen LogP contribution in [-0.4, -0.2) is 71.1 Å². The van der Waals surface area contributed by atoms with Crippen molar-refractivity contribution in [2.45, 2.75) is 70.5 Å². The van der Waals surface area contributed by atoms with Gasteiger partial charge in [0.25, 0.3) is 15.9 Å². The van der Waals surface area contributed by atoms with Crippen LogP contribution in [0.4, 0.5) is 16.4 Å². The summed E-state index contributed by atoms with van der Waals surface area (Å²) in [6, 6.07) is 7.53. The first-order valence-electron chi connectivity index (χ1n) is 12.7. The van der Waals surface area contributed by atoms with E-state index in [9.17, 15) is 23.1 Å². The summed E-state index contributed by atoms with van der Waals surface area (Å²) in [5, 5.41) is 12.2. The highest BCUT2D eigenvalue weighted by Gasteiger charge is 2.39. The number of rotatable bonds is 10. The molecule has 1 atom stereocenters. The molecule has 38 heavy (non-hydrogen) atoms. The minimum atomic E-state index is -4.29. The first-order chi connectivity index (χ1) is 17.7. The maximum atomic E-state index is 13.2. The fraction of sp³-hybridized carbons (Fsp3) is 0.538. The Balaban J connectivity index is 1.74. The van der Waals surface area contributed by atoms with Crippen molar-refractivity contribution >= 4 is 33.7 Å². The van der Waals surface area contributed by atoms with Crippen molar-refractivity contribution in [3.8, 4) is 0 Å². The fourth-order valence-corrected chi connectivity index (χ4v) is 5.72. The van der Waals surface area contributed by atoms with Crippen LogP contribution in [0, 0.1) is 5.92 Å². The number of pyridine rings is 2. The number of anilines is 2. The summed E-state index contributed by atoms with van der Waals surface area (Å²) < 4.78 is 28.3. The van der Waals surface area contributed by atoms with Crippen LogP contribution in [0.25, 0.3) is 0 Å². The van der Waals surface area contributed by atoms with Crippen molar-refractivity contribution in [2.75, 3.05) is 29.9 Å². The topological polar surface area (TPSA) is 145 Å². The van der Waals surface area contributed by atoms with E-state index in [0.29, 0.717) is 24.7 Å². The van der Waals surface area contributed by atoms with E-state index in [1.807, 2.05) is 25.7 Å². The number of nitrogens with one attached hydrogen (secondary N) is 2. The number of nitrogens with zero attached hydrogens (tertiary/aromatic N) is 4. The summed E-state index contributed by atoms with van der Waals surface area (Å²) in [6.07, 6.45) is 2.11. The summed E-state index contributed by atoms with van der Waals surface area (Å²) in [5.41, 5.74) is -0.616. The minimum absolute atomic E-state index is 0.167. The molecule has 12 heteroatoms. The Morgan fingerprint density at radius 2 is 1.95 bits per heavy atom. The van der Waals surface area contributed by atoms with Gasteiger partial charge < -0.3 is 20.2 Å². The zero-order chi connectivity index (χ0) is 28.3. The second kappa shape index (κ2) is 11.1. The number of aromatic nitrogens is 2. The van der Waals surface area contributed by atoms with Crippen molar-refractivity contribution in [1.82, 2.24) is 19.6 Å². The molecule has 0 radical (unpaired) electrons. The lowest BCUT2D eigenvalue weighted by molar-refractivity contribution is 0.0928. The highest BCUT2D eigenvalue weighted by atomic mass is 32.2. The van der Waals surface area contributed by atoms with E-state index in [1.165, 1.54) is 17.0 Å². The Bertz CT molecular complexity index is 1280. The number of amides is 2. The van der Waals surface area contributed by atoms with Gasteiger partial charge in [0.15, 0.2) is 5.03 Å². The fourth-order valence-electron chi connectivity index (χ4n) is 4.78. The molecule has 2 aromatic rings. The van der Waals surface area contributed by atoms with Crippen LogP contribution in [0.2, 0.25) is 0 Å². The Labute approximate surface area is 224 Å². The quantitative estimate of drug-likeness (QED) is 0.405. The monoisotopic (exact) mass is 546 g/mol. The summed E-state index contributed by atoms with van der Waals surface area (Å²) in [5.74, 6) is 0.301. The number of carboxylic acid groups (broad SMARTS) is 1.